The van der Waals surface area contributed by atoms with Crippen molar-refractivity contribution in [3.05, 3.63) is 0 Å². The molecule has 1 aliphatic rings. The third kappa shape index (κ3) is 3.92. The Hall–Kier alpha value is 0. The van der Waals surface area contributed by atoms with Gasteiger partial charge in [-0.2, -0.15) is 0 Å². The molecule has 0 nitrogen and oxygen atoms in total. The maximum Gasteiger partial charge on any atom is -0.0414 e. The van der Waals surface area contributed by atoms with Crippen molar-refractivity contribution in [2.24, 2.45) is 5.92 Å². The molecule has 0 N–H and O–H groups in total. The van der Waals surface area contributed by atoms with Crippen molar-refractivity contribution in [1.82, 2.24) is 0 Å². The van der Waals surface area contributed by atoms with Gasteiger partial charge in [0, 0.05) is 0 Å². The molecule has 0 heterocycles. The van der Waals surface area contributed by atoms with Crippen LogP contribution < -0.4 is 0 Å². The smallest absolute Gasteiger partial charge is 0.0414 e. The molecular weight excluding hydrogens is 120 g/mol. The van der Waals surface area contributed by atoms with Gasteiger partial charge in [0.15, 0.2) is 0 Å². The van der Waals surface area contributed by atoms with Crippen LogP contribution >= 0.6 is 0 Å². The van der Waals surface area contributed by atoms with Gasteiger partial charge in [0.2, 0.25) is 0 Å². The third-order valence-electron chi connectivity index (χ3n) is 2.17. The molecular formula is C10H24. The first kappa shape index (κ1) is 12.7. The summed E-state index contributed by atoms with van der Waals surface area (Å²) in [5.74, 6) is 1.11. The van der Waals surface area contributed by atoms with E-state index in [9.17, 15) is 0 Å². The quantitative estimate of drug-likeness (QED) is 0.543. The van der Waals surface area contributed by atoms with E-state index >= 15 is 0 Å². The molecule has 1 rings (SSSR count). The maximum absolute atomic E-state index is 2.29. The number of hydrogen-bond donors (Lipinski definition) is 0. The van der Waals surface area contributed by atoms with Crippen molar-refractivity contribution in [2.45, 2.75) is 60.3 Å². The van der Waals surface area contributed by atoms with E-state index in [0.29, 0.717) is 0 Å². The molecule has 10 heavy (non-hydrogen) atoms. The molecule has 0 amide bonds. The summed E-state index contributed by atoms with van der Waals surface area (Å²) in [4.78, 5) is 0. The van der Waals surface area contributed by atoms with Gasteiger partial charge in [-0.05, 0) is 5.92 Å². The van der Waals surface area contributed by atoms with Crippen LogP contribution in [0.25, 0.3) is 0 Å². The first-order valence-electron chi connectivity index (χ1n) is 3.93. The lowest BCUT2D eigenvalue weighted by Crippen LogP contribution is -1.89. The molecule has 0 aromatic rings. The second-order valence-electron chi connectivity index (χ2n) is 2.94. The van der Waals surface area contributed by atoms with Gasteiger partial charge in [-0.1, -0.05) is 60.3 Å². The van der Waals surface area contributed by atoms with Gasteiger partial charge in [-0.25, -0.2) is 0 Å². The summed E-state index contributed by atoms with van der Waals surface area (Å²) in [7, 11) is 0. The summed E-state index contributed by atoms with van der Waals surface area (Å²) in [6.07, 6.45) is 8.93. The minimum absolute atomic E-state index is 0. The van der Waals surface area contributed by atoms with Gasteiger partial charge in [0.25, 0.3) is 0 Å². The Morgan fingerprint density at radius 3 is 2.00 bits per heavy atom. The topological polar surface area (TPSA) is 0 Å². The van der Waals surface area contributed by atoms with Gasteiger partial charge >= 0.3 is 0 Å². The van der Waals surface area contributed by atoms with Crippen LogP contribution in [0.3, 0.4) is 0 Å². The molecule has 1 saturated carbocycles. The fourth-order valence-electron chi connectivity index (χ4n) is 1.71. The fourth-order valence-corrected chi connectivity index (χ4v) is 1.71. The standard InChI is InChI=1S/C8H16.2CH4/c1-2-5-8-6-3-4-7-8;;/h8H,2-7H2,1H3;2*1H4. The molecule has 0 saturated heterocycles. The molecule has 1 aliphatic carbocycles. The Balaban J connectivity index is 0. The first-order valence-corrected chi connectivity index (χ1v) is 3.93. The minimum Gasteiger partial charge on any atom is -0.0776 e. The fraction of sp³-hybridized carbons (Fsp3) is 1.00. The molecule has 0 atom stereocenters. The van der Waals surface area contributed by atoms with E-state index < -0.39 is 0 Å². The Kier molecular flexibility index (Phi) is 9.00. The Morgan fingerprint density at radius 1 is 1.10 bits per heavy atom. The van der Waals surface area contributed by atoms with Crippen molar-refractivity contribution in [2.75, 3.05) is 0 Å². The highest BCUT2D eigenvalue weighted by Crippen LogP contribution is 2.27. The van der Waals surface area contributed by atoms with Gasteiger partial charge < -0.3 is 0 Å². The molecule has 0 radical (unpaired) electrons. The molecule has 0 aromatic heterocycles. The molecule has 1 fully saturated rings. The van der Waals surface area contributed by atoms with Crippen LogP contribution in [-0.2, 0) is 0 Å². The van der Waals surface area contributed by atoms with Crippen LogP contribution in [0.1, 0.15) is 60.3 Å². The van der Waals surface area contributed by atoms with Crippen LogP contribution in [0, 0.1) is 5.92 Å². The summed E-state index contributed by atoms with van der Waals surface area (Å²) >= 11 is 0. The molecule has 0 bridgehead atoms. The second kappa shape index (κ2) is 7.11. The molecule has 64 valence electrons. The van der Waals surface area contributed by atoms with Gasteiger partial charge in [0.05, 0.1) is 0 Å². The first-order chi connectivity index (χ1) is 3.93. The Bertz CT molecular complexity index is 51.1. The lowest BCUT2D eigenvalue weighted by atomic mass is 10.0. The molecule has 0 spiro atoms. The van der Waals surface area contributed by atoms with E-state index in [1.807, 2.05) is 0 Å². The molecule has 0 heteroatoms. The Labute approximate surface area is 67.0 Å². The van der Waals surface area contributed by atoms with E-state index in [1.165, 1.54) is 38.5 Å². The van der Waals surface area contributed by atoms with Crippen molar-refractivity contribution in [3.8, 4) is 0 Å². The predicted octanol–water partition coefficient (Wildman–Crippen LogP) is 4.25. The van der Waals surface area contributed by atoms with E-state index in [2.05, 4.69) is 6.92 Å². The summed E-state index contributed by atoms with van der Waals surface area (Å²) in [5, 5.41) is 0. The summed E-state index contributed by atoms with van der Waals surface area (Å²) in [6.45, 7) is 2.29. The summed E-state index contributed by atoms with van der Waals surface area (Å²) in [5.41, 5.74) is 0. The van der Waals surface area contributed by atoms with Crippen LogP contribution in [0.4, 0.5) is 0 Å². The average molecular weight is 144 g/mol. The minimum atomic E-state index is 0. The van der Waals surface area contributed by atoms with Crippen LogP contribution in [-0.4, -0.2) is 0 Å². The summed E-state index contributed by atoms with van der Waals surface area (Å²) < 4.78 is 0. The number of hydrogen-bond acceptors (Lipinski definition) is 0. The highest BCUT2D eigenvalue weighted by Gasteiger charge is 2.12. The van der Waals surface area contributed by atoms with E-state index in [4.69, 9.17) is 0 Å². The average Bonchev–Trinajstić information content (AvgIpc) is 2.19. The monoisotopic (exact) mass is 144 g/mol. The van der Waals surface area contributed by atoms with E-state index in [-0.39, 0.29) is 14.9 Å². The zero-order valence-corrected chi connectivity index (χ0v) is 5.82. The van der Waals surface area contributed by atoms with Gasteiger partial charge in [-0.3, -0.25) is 0 Å². The molecule has 0 aliphatic heterocycles. The normalized spacial score (nSPS) is 17.7. The van der Waals surface area contributed by atoms with Gasteiger partial charge in [0.1, 0.15) is 0 Å². The second-order valence-corrected chi connectivity index (χ2v) is 2.94. The molecule has 0 aromatic carbocycles. The highest BCUT2D eigenvalue weighted by atomic mass is 14.2. The van der Waals surface area contributed by atoms with Crippen LogP contribution in [0.5, 0.6) is 0 Å². The Morgan fingerprint density at radius 2 is 1.60 bits per heavy atom. The van der Waals surface area contributed by atoms with Crippen molar-refractivity contribution in [1.29, 1.82) is 0 Å². The number of rotatable bonds is 2. The highest BCUT2D eigenvalue weighted by molar-refractivity contribution is 4.65. The van der Waals surface area contributed by atoms with E-state index in [1.54, 1.807) is 0 Å². The predicted molar refractivity (Wildman–Crippen MR) is 50.3 cm³/mol. The third-order valence-corrected chi connectivity index (χ3v) is 2.17. The largest absolute Gasteiger partial charge is 0.0776 e. The van der Waals surface area contributed by atoms with Crippen molar-refractivity contribution < 1.29 is 0 Å². The van der Waals surface area contributed by atoms with Crippen molar-refractivity contribution >= 4 is 0 Å². The molecule has 0 unspecified atom stereocenters. The lowest BCUT2D eigenvalue weighted by molar-refractivity contribution is 0.496. The SMILES string of the molecule is C.C.CCCC1CCCC1. The van der Waals surface area contributed by atoms with Crippen molar-refractivity contribution in [3.63, 3.8) is 0 Å². The summed E-state index contributed by atoms with van der Waals surface area (Å²) in [6, 6.07) is 0. The van der Waals surface area contributed by atoms with Crippen LogP contribution in [0.15, 0.2) is 0 Å². The zero-order chi connectivity index (χ0) is 5.82. The van der Waals surface area contributed by atoms with Crippen LogP contribution in [0.2, 0.25) is 0 Å². The maximum atomic E-state index is 2.29. The zero-order valence-electron chi connectivity index (χ0n) is 5.82. The van der Waals surface area contributed by atoms with E-state index in [0.717, 1.165) is 5.92 Å². The van der Waals surface area contributed by atoms with Gasteiger partial charge in [-0.15, -0.1) is 0 Å². The lowest BCUT2D eigenvalue weighted by Gasteiger charge is -2.03.